The molecule has 6 nitrogen and oxygen atoms in total. The molecule has 1 aromatic carbocycles. The van der Waals surface area contributed by atoms with Gasteiger partial charge in [-0.3, -0.25) is 9.59 Å². The first-order valence-corrected chi connectivity index (χ1v) is 8.36. The van der Waals surface area contributed by atoms with E-state index in [9.17, 15) is 9.59 Å². The number of nitrogen functional groups attached to an aromatic ring is 1. The van der Waals surface area contributed by atoms with Crippen LogP contribution in [0.3, 0.4) is 0 Å². The number of benzene rings is 1. The molecule has 0 saturated carbocycles. The van der Waals surface area contributed by atoms with Gasteiger partial charge in [-0.05, 0) is 37.6 Å². The second-order valence-corrected chi connectivity index (χ2v) is 7.00. The lowest BCUT2D eigenvalue weighted by atomic mass is 10.1. The summed E-state index contributed by atoms with van der Waals surface area (Å²) in [5.74, 6) is -0.120. The Hall–Kier alpha value is -1.93. The molecule has 0 spiro atoms. The van der Waals surface area contributed by atoms with E-state index >= 15 is 0 Å². The van der Waals surface area contributed by atoms with Gasteiger partial charge in [-0.25, -0.2) is 0 Å². The molecule has 0 bridgehead atoms. The number of nitrogens with zero attached hydrogens (tertiary/aromatic N) is 2. The topological polar surface area (TPSA) is 98.0 Å². The number of hydrogen-bond donors (Lipinski definition) is 2. The van der Waals surface area contributed by atoms with Crippen LogP contribution in [0.2, 0.25) is 0 Å². The van der Waals surface area contributed by atoms with Gasteiger partial charge in [0.1, 0.15) is 0 Å². The summed E-state index contributed by atoms with van der Waals surface area (Å²) in [7, 11) is 0. The van der Waals surface area contributed by atoms with Crippen molar-refractivity contribution in [3.8, 4) is 0 Å². The molecule has 0 aliphatic heterocycles. The van der Waals surface area contributed by atoms with Crippen LogP contribution < -0.4 is 11.1 Å². The summed E-state index contributed by atoms with van der Waals surface area (Å²) in [5, 5.41) is 10.6. The van der Waals surface area contributed by atoms with Gasteiger partial charge in [-0.2, -0.15) is 0 Å². The second-order valence-electron chi connectivity index (χ2n) is 4.54. The molecule has 22 heavy (non-hydrogen) atoms. The lowest BCUT2D eigenvalue weighted by molar-refractivity contribution is -0.115. The summed E-state index contributed by atoms with van der Waals surface area (Å²) in [6.07, 6.45) is 0.654. The fourth-order valence-corrected chi connectivity index (χ4v) is 3.53. The Balaban J connectivity index is 2.00. The van der Waals surface area contributed by atoms with Crippen LogP contribution in [0.5, 0.6) is 0 Å². The largest absolute Gasteiger partial charge is 0.374 e. The maximum absolute atomic E-state index is 12.3. The average Bonchev–Trinajstić information content (AvgIpc) is 2.90. The fourth-order valence-electron chi connectivity index (χ4n) is 1.72. The van der Waals surface area contributed by atoms with Crippen molar-refractivity contribution in [3.63, 3.8) is 0 Å². The van der Waals surface area contributed by atoms with Crippen LogP contribution >= 0.6 is 23.1 Å². The van der Waals surface area contributed by atoms with Crippen LogP contribution in [-0.2, 0) is 4.79 Å². The molecular formula is C14H16N4O2S2. The molecule has 0 aliphatic rings. The van der Waals surface area contributed by atoms with E-state index < -0.39 is 0 Å². The van der Waals surface area contributed by atoms with Gasteiger partial charge in [0.05, 0.1) is 5.25 Å². The van der Waals surface area contributed by atoms with Gasteiger partial charge in [0.25, 0.3) is 0 Å². The number of ketones is 1. The van der Waals surface area contributed by atoms with Crippen molar-refractivity contribution < 1.29 is 9.59 Å². The highest BCUT2D eigenvalue weighted by Gasteiger charge is 2.20. The summed E-state index contributed by atoms with van der Waals surface area (Å²) in [4.78, 5) is 23.5. The number of hydrogen-bond acceptors (Lipinski definition) is 7. The maximum Gasteiger partial charge on any atom is 0.237 e. The Morgan fingerprint density at radius 2 is 2.00 bits per heavy atom. The van der Waals surface area contributed by atoms with Gasteiger partial charge in [0, 0.05) is 11.3 Å². The molecule has 0 unspecified atom stereocenters. The quantitative estimate of drug-likeness (QED) is 0.622. The lowest BCUT2D eigenvalue weighted by Crippen LogP contribution is -2.24. The third-order valence-electron chi connectivity index (χ3n) is 2.89. The first-order valence-electron chi connectivity index (χ1n) is 6.67. The van der Waals surface area contributed by atoms with Crippen LogP contribution in [0.4, 0.5) is 10.8 Å². The maximum atomic E-state index is 12.3. The van der Waals surface area contributed by atoms with E-state index in [1.165, 1.54) is 30.0 Å². The first-order chi connectivity index (χ1) is 10.5. The molecule has 1 aromatic heterocycles. The van der Waals surface area contributed by atoms with Crippen molar-refractivity contribution in [2.24, 2.45) is 0 Å². The minimum atomic E-state index is -0.278. The van der Waals surface area contributed by atoms with Crippen LogP contribution in [-0.4, -0.2) is 27.1 Å². The van der Waals surface area contributed by atoms with Gasteiger partial charge >= 0.3 is 0 Å². The highest BCUT2D eigenvalue weighted by molar-refractivity contribution is 8.02. The number of amides is 1. The SMILES string of the molecule is CC[C@@H](Sc1nnc(N)s1)C(=O)Nc1ccc(C(C)=O)cc1. The Labute approximate surface area is 136 Å². The van der Waals surface area contributed by atoms with E-state index in [2.05, 4.69) is 15.5 Å². The Morgan fingerprint density at radius 1 is 1.32 bits per heavy atom. The van der Waals surface area contributed by atoms with Gasteiger partial charge in [0.2, 0.25) is 11.0 Å². The minimum Gasteiger partial charge on any atom is -0.374 e. The molecule has 1 amide bonds. The number of rotatable bonds is 6. The summed E-state index contributed by atoms with van der Waals surface area (Å²) in [6, 6.07) is 6.82. The summed E-state index contributed by atoms with van der Waals surface area (Å²) < 4.78 is 0.673. The normalized spacial score (nSPS) is 11.9. The minimum absolute atomic E-state index is 0.00581. The van der Waals surface area contributed by atoms with Gasteiger partial charge in [0.15, 0.2) is 10.1 Å². The molecule has 3 N–H and O–H groups in total. The molecular weight excluding hydrogens is 320 g/mol. The standard InChI is InChI=1S/C14H16N4O2S2/c1-3-11(21-14-18-17-13(15)22-14)12(20)16-10-6-4-9(5-7-10)8(2)19/h4-7,11H,3H2,1-2H3,(H2,15,17)(H,16,20)/t11-/m1/s1. The van der Waals surface area contributed by atoms with Gasteiger partial charge in [-0.15, -0.1) is 10.2 Å². The van der Waals surface area contributed by atoms with E-state index in [1.807, 2.05) is 6.92 Å². The van der Waals surface area contributed by atoms with Crippen molar-refractivity contribution in [3.05, 3.63) is 29.8 Å². The molecule has 8 heteroatoms. The van der Waals surface area contributed by atoms with Crippen molar-refractivity contribution in [2.75, 3.05) is 11.1 Å². The van der Waals surface area contributed by atoms with Gasteiger partial charge in [-0.1, -0.05) is 30.0 Å². The number of aromatic nitrogens is 2. The zero-order valence-corrected chi connectivity index (χ0v) is 13.8. The zero-order valence-electron chi connectivity index (χ0n) is 12.2. The summed E-state index contributed by atoms with van der Waals surface area (Å²) in [6.45, 7) is 3.44. The second kappa shape index (κ2) is 7.37. The summed E-state index contributed by atoms with van der Waals surface area (Å²) >= 11 is 2.61. The molecule has 1 heterocycles. The fraction of sp³-hybridized carbons (Fsp3) is 0.286. The van der Waals surface area contributed by atoms with E-state index in [0.717, 1.165) is 0 Å². The average molecular weight is 336 g/mol. The van der Waals surface area contributed by atoms with Crippen molar-refractivity contribution in [2.45, 2.75) is 29.9 Å². The lowest BCUT2D eigenvalue weighted by Gasteiger charge is -2.13. The number of anilines is 2. The molecule has 2 rings (SSSR count). The Bertz CT molecular complexity index is 670. The molecule has 0 saturated heterocycles. The highest BCUT2D eigenvalue weighted by Crippen LogP contribution is 2.29. The smallest absolute Gasteiger partial charge is 0.237 e. The number of nitrogens with one attached hydrogen (secondary N) is 1. The molecule has 0 aliphatic carbocycles. The highest BCUT2D eigenvalue weighted by atomic mass is 32.2. The van der Waals surface area contributed by atoms with E-state index in [0.29, 0.717) is 27.1 Å². The molecule has 116 valence electrons. The molecule has 0 radical (unpaired) electrons. The zero-order chi connectivity index (χ0) is 16.1. The molecule has 1 atom stereocenters. The summed E-state index contributed by atoms with van der Waals surface area (Å²) in [5.41, 5.74) is 6.81. The third-order valence-corrected chi connectivity index (χ3v) is 5.09. The van der Waals surface area contributed by atoms with Crippen LogP contribution in [0.1, 0.15) is 30.6 Å². The van der Waals surface area contributed by atoms with E-state index in [-0.39, 0.29) is 16.9 Å². The predicted molar refractivity (Wildman–Crippen MR) is 89.3 cm³/mol. The number of nitrogens with two attached hydrogens (primary N) is 1. The number of Topliss-reactive ketones (excluding diaryl/α,β-unsaturated/α-hetero) is 1. The first kappa shape index (κ1) is 16.4. The van der Waals surface area contributed by atoms with Gasteiger partial charge < -0.3 is 11.1 Å². The van der Waals surface area contributed by atoms with Crippen LogP contribution in [0, 0.1) is 0 Å². The molecule has 2 aromatic rings. The number of carbonyl (C=O) groups is 2. The molecule has 0 fully saturated rings. The predicted octanol–water partition coefficient (Wildman–Crippen LogP) is 2.83. The van der Waals surface area contributed by atoms with Crippen molar-refractivity contribution >= 4 is 45.6 Å². The Morgan fingerprint density at radius 3 is 2.50 bits per heavy atom. The monoisotopic (exact) mass is 336 g/mol. The van der Waals surface area contributed by atoms with Crippen molar-refractivity contribution in [1.82, 2.24) is 10.2 Å². The van der Waals surface area contributed by atoms with E-state index in [1.54, 1.807) is 24.3 Å². The third kappa shape index (κ3) is 4.28. The number of thioether (sulfide) groups is 1. The van der Waals surface area contributed by atoms with E-state index in [4.69, 9.17) is 5.73 Å². The van der Waals surface area contributed by atoms with Crippen LogP contribution in [0.25, 0.3) is 0 Å². The number of carbonyl (C=O) groups excluding carboxylic acids is 2. The van der Waals surface area contributed by atoms with Crippen LogP contribution in [0.15, 0.2) is 28.6 Å². The van der Waals surface area contributed by atoms with Crippen molar-refractivity contribution in [1.29, 1.82) is 0 Å². The Kier molecular flexibility index (Phi) is 5.51.